The zero-order chi connectivity index (χ0) is 13.5. The lowest BCUT2D eigenvalue weighted by atomic mass is 10.0. The molecule has 0 saturated carbocycles. The van der Waals surface area contributed by atoms with Crippen molar-refractivity contribution in [3.63, 3.8) is 0 Å². The summed E-state index contributed by atoms with van der Waals surface area (Å²) in [7, 11) is 0. The van der Waals surface area contributed by atoms with Gasteiger partial charge in [-0.2, -0.15) is 0 Å². The first-order chi connectivity index (χ1) is 9.35. The summed E-state index contributed by atoms with van der Waals surface area (Å²) in [4.78, 5) is 0. The molecule has 0 heterocycles. The maximum Gasteiger partial charge on any atom is 0.126 e. The van der Waals surface area contributed by atoms with Crippen LogP contribution in [-0.4, -0.2) is 13.2 Å². The summed E-state index contributed by atoms with van der Waals surface area (Å²) in [6, 6.07) is 16.4. The van der Waals surface area contributed by atoms with Crippen molar-refractivity contribution < 1.29 is 9.47 Å². The minimum absolute atomic E-state index is 0.664. The molecule has 2 nitrogen and oxygen atoms in total. The third-order valence-corrected chi connectivity index (χ3v) is 2.91. The van der Waals surface area contributed by atoms with Gasteiger partial charge in [-0.3, -0.25) is 0 Å². The molecule has 0 aliphatic rings. The van der Waals surface area contributed by atoms with E-state index < -0.39 is 0 Å². The van der Waals surface area contributed by atoms with Crippen LogP contribution in [0.2, 0.25) is 0 Å². The summed E-state index contributed by atoms with van der Waals surface area (Å²) in [5.41, 5.74) is 2.38. The second-order valence-corrected chi connectivity index (χ2v) is 4.26. The van der Waals surface area contributed by atoms with E-state index in [0.717, 1.165) is 23.5 Å². The van der Waals surface area contributed by atoms with Crippen LogP contribution in [0.25, 0.3) is 0 Å². The van der Waals surface area contributed by atoms with E-state index in [9.17, 15) is 0 Å². The van der Waals surface area contributed by atoms with Gasteiger partial charge in [0.1, 0.15) is 11.5 Å². The van der Waals surface area contributed by atoms with Crippen molar-refractivity contribution in [1.82, 2.24) is 0 Å². The van der Waals surface area contributed by atoms with Crippen molar-refractivity contribution >= 4 is 0 Å². The van der Waals surface area contributed by atoms with E-state index in [-0.39, 0.29) is 0 Å². The Hall–Kier alpha value is -1.96. The Morgan fingerprint density at radius 1 is 0.737 bits per heavy atom. The average molecular weight is 256 g/mol. The maximum atomic E-state index is 5.72. The van der Waals surface area contributed by atoms with Crippen molar-refractivity contribution in [3.8, 4) is 11.5 Å². The third kappa shape index (κ3) is 3.50. The second kappa shape index (κ2) is 6.83. The van der Waals surface area contributed by atoms with Gasteiger partial charge in [0.25, 0.3) is 0 Å². The minimum Gasteiger partial charge on any atom is -0.493 e. The first kappa shape index (κ1) is 13.5. The molecule has 0 atom stereocenters. The van der Waals surface area contributed by atoms with Crippen LogP contribution in [0.3, 0.4) is 0 Å². The summed E-state index contributed by atoms with van der Waals surface area (Å²) >= 11 is 0. The molecule has 0 fully saturated rings. The molecule has 0 amide bonds. The lowest BCUT2D eigenvalue weighted by Gasteiger charge is -2.15. The Bertz CT molecular complexity index is 482. The molecule has 2 aromatic rings. The summed E-state index contributed by atoms with van der Waals surface area (Å²) in [5, 5.41) is 0. The first-order valence-corrected chi connectivity index (χ1v) is 6.76. The summed E-state index contributed by atoms with van der Waals surface area (Å²) < 4.78 is 11.4. The molecule has 0 N–H and O–H groups in total. The van der Waals surface area contributed by atoms with E-state index >= 15 is 0 Å². The van der Waals surface area contributed by atoms with Gasteiger partial charge in [0.05, 0.1) is 13.2 Å². The Morgan fingerprint density at radius 3 is 1.84 bits per heavy atom. The standard InChI is InChI=1S/C17H20O2/c1-3-18-16-11-8-12-17(19-4-2)15(16)13-14-9-6-5-7-10-14/h5-12H,3-4,13H2,1-2H3. The predicted octanol–water partition coefficient (Wildman–Crippen LogP) is 4.07. The van der Waals surface area contributed by atoms with E-state index in [1.54, 1.807) is 0 Å². The van der Waals surface area contributed by atoms with E-state index in [0.29, 0.717) is 13.2 Å². The van der Waals surface area contributed by atoms with Crippen LogP contribution in [0.1, 0.15) is 25.0 Å². The fourth-order valence-corrected chi connectivity index (χ4v) is 2.10. The Balaban J connectivity index is 2.34. The monoisotopic (exact) mass is 256 g/mol. The predicted molar refractivity (Wildman–Crippen MR) is 78.0 cm³/mol. The van der Waals surface area contributed by atoms with Crippen LogP contribution in [0.4, 0.5) is 0 Å². The highest BCUT2D eigenvalue weighted by Gasteiger charge is 2.11. The van der Waals surface area contributed by atoms with E-state index in [1.165, 1.54) is 5.56 Å². The maximum absolute atomic E-state index is 5.72. The topological polar surface area (TPSA) is 18.5 Å². The van der Waals surface area contributed by atoms with Gasteiger partial charge >= 0.3 is 0 Å². The quantitative estimate of drug-likeness (QED) is 0.775. The number of hydrogen-bond donors (Lipinski definition) is 0. The third-order valence-electron chi connectivity index (χ3n) is 2.91. The van der Waals surface area contributed by atoms with Gasteiger partial charge in [0.15, 0.2) is 0 Å². The van der Waals surface area contributed by atoms with E-state index in [4.69, 9.17) is 9.47 Å². The molecule has 0 aliphatic carbocycles. The van der Waals surface area contributed by atoms with Crippen LogP contribution in [0.5, 0.6) is 11.5 Å². The number of benzene rings is 2. The highest BCUT2D eigenvalue weighted by Crippen LogP contribution is 2.31. The zero-order valence-corrected chi connectivity index (χ0v) is 11.6. The molecule has 2 rings (SSSR count). The Labute approximate surface area is 115 Å². The molecule has 0 aromatic heterocycles. The van der Waals surface area contributed by atoms with Crippen molar-refractivity contribution in [2.45, 2.75) is 20.3 Å². The van der Waals surface area contributed by atoms with Gasteiger partial charge in [-0.05, 0) is 31.5 Å². The van der Waals surface area contributed by atoms with Gasteiger partial charge in [-0.25, -0.2) is 0 Å². The SMILES string of the molecule is CCOc1cccc(OCC)c1Cc1ccccc1. The van der Waals surface area contributed by atoms with Crippen LogP contribution in [-0.2, 0) is 6.42 Å². The van der Waals surface area contributed by atoms with Crippen LogP contribution >= 0.6 is 0 Å². The second-order valence-electron chi connectivity index (χ2n) is 4.26. The molecule has 0 unspecified atom stereocenters. The summed E-state index contributed by atoms with van der Waals surface area (Å²) in [5.74, 6) is 1.83. The average Bonchev–Trinajstić information content (AvgIpc) is 2.44. The van der Waals surface area contributed by atoms with Crippen molar-refractivity contribution in [2.24, 2.45) is 0 Å². The zero-order valence-electron chi connectivity index (χ0n) is 11.6. The summed E-state index contributed by atoms with van der Waals surface area (Å²) in [6.45, 7) is 5.33. The molecule has 0 radical (unpaired) electrons. The van der Waals surface area contributed by atoms with Crippen LogP contribution in [0, 0.1) is 0 Å². The van der Waals surface area contributed by atoms with E-state index in [1.807, 2.05) is 38.1 Å². The highest BCUT2D eigenvalue weighted by atomic mass is 16.5. The number of hydrogen-bond acceptors (Lipinski definition) is 2. The molecular formula is C17H20O2. The van der Waals surface area contributed by atoms with Gasteiger partial charge in [-0.15, -0.1) is 0 Å². The van der Waals surface area contributed by atoms with Gasteiger partial charge in [0, 0.05) is 12.0 Å². The largest absolute Gasteiger partial charge is 0.493 e. The normalized spacial score (nSPS) is 10.2. The van der Waals surface area contributed by atoms with Gasteiger partial charge < -0.3 is 9.47 Å². The smallest absolute Gasteiger partial charge is 0.126 e. The Kier molecular flexibility index (Phi) is 4.85. The van der Waals surface area contributed by atoms with Crippen molar-refractivity contribution in [1.29, 1.82) is 0 Å². The van der Waals surface area contributed by atoms with Gasteiger partial charge in [0.2, 0.25) is 0 Å². The fourth-order valence-electron chi connectivity index (χ4n) is 2.10. The molecule has 2 heteroatoms. The summed E-state index contributed by atoms with van der Waals surface area (Å²) in [6.07, 6.45) is 0.826. The lowest BCUT2D eigenvalue weighted by molar-refractivity contribution is 0.317. The van der Waals surface area contributed by atoms with Gasteiger partial charge in [-0.1, -0.05) is 36.4 Å². The van der Waals surface area contributed by atoms with E-state index in [2.05, 4.69) is 24.3 Å². The van der Waals surface area contributed by atoms with Crippen LogP contribution in [0.15, 0.2) is 48.5 Å². The molecule has 2 aromatic carbocycles. The molecular weight excluding hydrogens is 236 g/mol. The highest BCUT2D eigenvalue weighted by molar-refractivity contribution is 5.47. The fraction of sp³-hybridized carbons (Fsp3) is 0.294. The molecule has 19 heavy (non-hydrogen) atoms. The Morgan fingerprint density at radius 2 is 1.32 bits per heavy atom. The molecule has 0 aliphatic heterocycles. The molecule has 0 bridgehead atoms. The molecule has 0 saturated heterocycles. The lowest BCUT2D eigenvalue weighted by Crippen LogP contribution is -2.02. The molecule has 100 valence electrons. The van der Waals surface area contributed by atoms with Crippen molar-refractivity contribution in [2.75, 3.05) is 13.2 Å². The number of rotatable bonds is 6. The first-order valence-electron chi connectivity index (χ1n) is 6.76. The minimum atomic E-state index is 0.664. The molecule has 0 spiro atoms. The van der Waals surface area contributed by atoms with Crippen LogP contribution < -0.4 is 9.47 Å². The number of ether oxygens (including phenoxy) is 2. The van der Waals surface area contributed by atoms with Crippen molar-refractivity contribution in [3.05, 3.63) is 59.7 Å².